The Balaban J connectivity index is 2.12. The molecule has 19 heavy (non-hydrogen) atoms. The molecule has 2 aromatic rings. The van der Waals surface area contributed by atoms with Gasteiger partial charge in [-0.05, 0) is 13.0 Å². The third-order valence-electron chi connectivity index (χ3n) is 2.55. The van der Waals surface area contributed by atoms with Gasteiger partial charge < -0.3 is 15.3 Å². The first-order valence-corrected chi connectivity index (χ1v) is 5.85. The Labute approximate surface area is 111 Å². The van der Waals surface area contributed by atoms with Crippen molar-refractivity contribution in [3.8, 4) is 5.75 Å². The second-order valence-electron chi connectivity index (χ2n) is 4.01. The van der Waals surface area contributed by atoms with Gasteiger partial charge in [0.15, 0.2) is 5.82 Å². The highest BCUT2D eigenvalue weighted by molar-refractivity contribution is 5.35. The number of anilines is 1. The highest BCUT2D eigenvalue weighted by Gasteiger charge is 2.05. The van der Waals surface area contributed by atoms with Crippen molar-refractivity contribution in [2.75, 3.05) is 5.43 Å². The molecule has 0 atom stereocenters. The van der Waals surface area contributed by atoms with E-state index in [0.29, 0.717) is 17.4 Å². The van der Waals surface area contributed by atoms with E-state index in [1.54, 1.807) is 18.2 Å². The second kappa shape index (κ2) is 6.12. The number of nitrogens with one attached hydrogen (secondary N) is 1. The van der Waals surface area contributed by atoms with Crippen molar-refractivity contribution in [3.05, 3.63) is 47.4 Å². The van der Waals surface area contributed by atoms with Crippen LogP contribution < -0.4 is 16.0 Å². The van der Waals surface area contributed by atoms with Crippen molar-refractivity contribution >= 4 is 5.82 Å². The van der Waals surface area contributed by atoms with Crippen LogP contribution in [0.5, 0.6) is 5.75 Å². The number of aromatic nitrogens is 2. The van der Waals surface area contributed by atoms with Crippen LogP contribution in [0.25, 0.3) is 0 Å². The maximum absolute atomic E-state index is 9.20. The largest absolute Gasteiger partial charge is 0.485 e. The van der Waals surface area contributed by atoms with Crippen molar-refractivity contribution in [2.45, 2.75) is 20.1 Å². The molecule has 0 radical (unpaired) electrons. The standard InChI is InChI=1S/C13H16N4O2/c1-9-6-12(17-14)16-13(15-9)8-19-11-5-3-2-4-10(11)7-18/h2-6,18H,7-8,14H2,1H3,(H,15,16,17). The highest BCUT2D eigenvalue weighted by Crippen LogP contribution is 2.18. The van der Waals surface area contributed by atoms with Crippen LogP contribution in [0.4, 0.5) is 5.82 Å². The summed E-state index contributed by atoms with van der Waals surface area (Å²) in [4.78, 5) is 8.45. The van der Waals surface area contributed by atoms with Gasteiger partial charge in [0.1, 0.15) is 18.2 Å². The first kappa shape index (κ1) is 13.3. The number of nitrogen functional groups attached to an aromatic ring is 1. The molecular formula is C13H16N4O2. The Morgan fingerprint density at radius 3 is 2.84 bits per heavy atom. The van der Waals surface area contributed by atoms with E-state index in [4.69, 9.17) is 10.6 Å². The number of aliphatic hydroxyl groups excluding tert-OH is 1. The summed E-state index contributed by atoms with van der Waals surface area (Å²) in [6.07, 6.45) is 0. The van der Waals surface area contributed by atoms with Gasteiger partial charge in [-0.15, -0.1) is 0 Å². The Hall–Kier alpha value is -2.18. The average Bonchev–Trinajstić information content (AvgIpc) is 2.44. The van der Waals surface area contributed by atoms with Crippen molar-refractivity contribution in [2.24, 2.45) is 5.84 Å². The van der Waals surface area contributed by atoms with Crippen LogP contribution in [0, 0.1) is 6.92 Å². The quantitative estimate of drug-likeness (QED) is 0.551. The normalized spacial score (nSPS) is 10.3. The van der Waals surface area contributed by atoms with E-state index in [1.165, 1.54) is 0 Å². The number of aliphatic hydroxyl groups is 1. The Morgan fingerprint density at radius 1 is 1.32 bits per heavy atom. The fourth-order valence-electron chi connectivity index (χ4n) is 1.69. The molecule has 0 aliphatic heterocycles. The molecule has 1 aromatic heterocycles. The van der Waals surface area contributed by atoms with Crippen LogP contribution in [0.1, 0.15) is 17.1 Å². The van der Waals surface area contributed by atoms with Crippen LogP contribution in [0.3, 0.4) is 0 Å². The third kappa shape index (κ3) is 3.40. The molecule has 0 aliphatic carbocycles. The number of hydrogen-bond donors (Lipinski definition) is 3. The summed E-state index contributed by atoms with van der Waals surface area (Å²) in [5.41, 5.74) is 4.01. The number of hydrogen-bond acceptors (Lipinski definition) is 6. The van der Waals surface area contributed by atoms with E-state index < -0.39 is 0 Å². The summed E-state index contributed by atoms with van der Waals surface area (Å²) < 4.78 is 5.61. The van der Waals surface area contributed by atoms with E-state index >= 15 is 0 Å². The summed E-state index contributed by atoms with van der Waals surface area (Å²) in [6.45, 7) is 2.00. The topological polar surface area (TPSA) is 93.3 Å². The van der Waals surface area contributed by atoms with Gasteiger partial charge in [-0.1, -0.05) is 18.2 Å². The van der Waals surface area contributed by atoms with Crippen molar-refractivity contribution < 1.29 is 9.84 Å². The minimum atomic E-state index is -0.0690. The van der Waals surface area contributed by atoms with Gasteiger partial charge in [-0.2, -0.15) is 0 Å². The van der Waals surface area contributed by atoms with E-state index in [-0.39, 0.29) is 13.2 Å². The first-order valence-electron chi connectivity index (χ1n) is 5.85. The second-order valence-corrected chi connectivity index (χ2v) is 4.01. The SMILES string of the molecule is Cc1cc(NN)nc(COc2ccccc2CO)n1. The molecule has 0 saturated carbocycles. The monoisotopic (exact) mass is 260 g/mol. The average molecular weight is 260 g/mol. The number of rotatable bonds is 5. The number of nitrogens with two attached hydrogens (primary N) is 1. The minimum Gasteiger partial charge on any atom is -0.485 e. The number of ether oxygens (including phenoxy) is 1. The molecule has 6 heteroatoms. The number of benzene rings is 1. The molecule has 0 fully saturated rings. The number of hydrazine groups is 1. The van der Waals surface area contributed by atoms with Crippen LogP contribution in [0.2, 0.25) is 0 Å². The minimum absolute atomic E-state index is 0.0690. The highest BCUT2D eigenvalue weighted by atomic mass is 16.5. The van der Waals surface area contributed by atoms with Crippen LogP contribution in [-0.4, -0.2) is 15.1 Å². The van der Waals surface area contributed by atoms with Gasteiger partial charge in [-0.25, -0.2) is 15.8 Å². The molecule has 0 bridgehead atoms. The van der Waals surface area contributed by atoms with E-state index in [0.717, 1.165) is 11.3 Å². The molecule has 6 nitrogen and oxygen atoms in total. The number of nitrogens with zero attached hydrogens (tertiary/aromatic N) is 2. The molecule has 100 valence electrons. The lowest BCUT2D eigenvalue weighted by Crippen LogP contribution is -2.12. The van der Waals surface area contributed by atoms with Crippen LogP contribution in [-0.2, 0) is 13.2 Å². The lowest BCUT2D eigenvalue weighted by atomic mass is 10.2. The Bertz CT molecular complexity index is 560. The first-order chi connectivity index (χ1) is 9.22. The van der Waals surface area contributed by atoms with Crippen molar-refractivity contribution in [1.29, 1.82) is 0 Å². The predicted molar refractivity (Wildman–Crippen MR) is 71.3 cm³/mol. The lowest BCUT2D eigenvalue weighted by Gasteiger charge is -2.10. The van der Waals surface area contributed by atoms with Crippen molar-refractivity contribution in [3.63, 3.8) is 0 Å². The molecule has 0 saturated heterocycles. The summed E-state index contributed by atoms with van der Waals surface area (Å²) in [5, 5.41) is 9.20. The maximum atomic E-state index is 9.20. The summed E-state index contributed by atoms with van der Waals surface area (Å²) >= 11 is 0. The maximum Gasteiger partial charge on any atom is 0.168 e. The summed E-state index contributed by atoms with van der Waals surface area (Å²) in [7, 11) is 0. The Morgan fingerprint density at radius 2 is 2.11 bits per heavy atom. The lowest BCUT2D eigenvalue weighted by molar-refractivity contribution is 0.255. The summed E-state index contributed by atoms with van der Waals surface area (Å²) in [6, 6.07) is 9.03. The fourth-order valence-corrected chi connectivity index (χ4v) is 1.69. The number of aryl methyl sites for hydroxylation is 1. The fraction of sp³-hybridized carbons (Fsp3) is 0.231. The molecule has 1 heterocycles. The number of para-hydroxylation sites is 1. The van der Waals surface area contributed by atoms with E-state index in [9.17, 15) is 5.11 Å². The van der Waals surface area contributed by atoms with Gasteiger partial charge >= 0.3 is 0 Å². The van der Waals surface area contributed by atoms with E-state index in [1.807, 2.05) is 19.1 Å². The zero-order valence-corrected chi connectivity index (χ0v) is 10.6. The van der Waals surface area contributed by atoms with E-state index in [2.05, 4.69) is 15.4 Å². The van der Waals surface area contributed by atoms with Gasteiger partial charge in [0.25, 0.3) is 0 Å². The molecule has 2 rings (SSSR count). The van der Waals surface area contributed by atoms with Gasteiger partial charge in [0.05, 0.1) is 6.61 Å². The van der Waals surface area contributed by atoms with Crippen LogP contribution in [0.15, 0.2) is 30.3 Å². The molecule has 1 aromatic carbocycles. The van der Waals surface area contributed by atoms with Gasteiger partial charge in [0.2, 0.25) is 0 Å². The smallest absolute Gasteiger partial charge is 0.168 e. The molecule has 0 amide bonds. The predicted octanol–water partition coefficient (Wildman–Crippen LogP) is 1.14. The van der Waals surface area contributed by atoms with Crippen LogP contribution >= 0.6 is 0 Å². The Kier molecular flexibility index (Phi) is 4.27. The zero-order chi connectivity index (χ0) is 13.7. The van der Waals surface area contributed by atoms with Crippen molar-refractivity contribution in [1.82, 2.24) is 9.97 Å². The molecule has 0 unspecified atom stereocenters. The molecular weight excluding hydrogens is 244 g/mol. The summed E-state index contributed by atoms with van der Waals surface area (Å²) in [5.74, 6) is 7.02. The van der Waals surface area contributed by atoms with Gasteiger partial charge in [-0.3, -0.25) is 0 Å². The zero-order valence-electron chi connectivity index (χ0n) is 10.6. The third-order valence-corrected chi connectivity index (χ3v) is 2.55. The molecule has 0 aliphatic rings. The molecule has 4 N–H and O–H groups in total. The van der Waals surface area contributed by atoms with Gasteiger partial charge in [0, 0.05) is 17.3 Å². The molecule has 0 spiro atoms.